The molecule has 1 aromatic rings. The fourth-order valence-corrected chi connectivity index (χ4v) is 1.35. The molecule has 0 N–H and O–H groups in total. The summed E-state index contributed by atoms with van der Waals surface area (Å²) in [5, 5.41) is 8.81. The van der Waals surface area contributed by atoms with Crippen molar-refractivity contribution in [3.63, 3.8) is 0 Å². The number of benzene rings is 1. The van der Waals surface area contributed by atoms with Gasteiger partial charge in [0.25, 0.3) is 0 Å². The molecule has 0 atom stereocenters. The maximum atomic E-state index is 11.2. The number of hydrogen-bond donors (Lipinski definition) is 1. The third kappa shape index (κ3) is 2.22. The number of nitrogens with zero attached hydrogens (tertiary/aromatic N) is 1. The standard InChI is InChI=1S/C10H9NO3S/c1-13-8-4-6(10(12)14-2)3-7(5-11)9(8)15/h3-4,15H,1-2H3. The van der Waals surface area contributed by atoms with E-state index in [0.29, 0.717) is 10.6 Å². The lowest BCUT2D eigenvalue weighted by Gasteiger charge is -2.07. The minimum Gasteiger partial charge on any atom is -0.496 e. The minimum absolute atomic E-state index is 0.267. The number of carbonyl (C=O) groups excluding carboxylic acids is 1. The smallest absolute Gasteiger partial charge is 0.338 e. The first-order valence-corrected chi connectivity index (χ1v) is 4.48. The first-order chi connectivity index (χ1) is 7.13. The lowest BCUT2D eigenvalue weighted by atomic mass is 10.1. The second kappa shape index (κ2) is 4.71. The Kier molecular flexibility index (Phi) is 3.58. The van der Waals surface area contributed by atoms with Crippen LogP contribution in [0.1, 0.15) is 15.9 Å². The fourth-order valence-electron chi connectivity index (χ4n) is 1.08. The molecule has 0 saturated heterocycles. The number of ether oxygens (including phenoxy) is 2. The highest BCUT2D eigenvalue weighted by Gasteiger charge is 2.13. The molecule has 0 aliphatic heterocycles. The van der Waals surface area contributed by atoms with Crippen molar-refractivity contribution < 1.29 is 14.3 Å². The van der Waals surface area contributed by atoms with E-state index in [1.807, 2.05) is 6.07 Å². The Balaban J connectivity index is 3.34. The highest BCUT2D eigenvalue weighted by atomic mass is 32.1. The molecule has 1 aromatic carbocycles. The van der Waals surface area contributed by atoms with Gasteiger partial charge in [-0.1, -0.05) is 0 Å². The van der Waals surface area contributed by atoms with Crippen LogP contribution in [0.25, 0.3) is 0 Å². The normalized spacial score (nSPS) is 9.20. The van der Waals surface area contributed by atoms with Crippen LogP contribution in [0, 0.1) is 11.3 Å². The maximum absolute atomic E-state index is 11.2. The van der Waals surface area contributed by atoms with Crippen LogP contribution in [-0.4, -0.2) is 20.2 Å². The summed E-state index contributed by atoms with van der Waals surface area (Å²) in [6, 6.07) is 4.82. The molecule has 1 rings (SSSR count). The van der Waals surface area contributed by atoms with E-state index in [9.17, 15) is 4.79 Å². The van der Waals surface area contributed by atoms with Gasteiger partial charge in [-0.25, -0.2) is 4.79 Å². The first kappa shape index (κ1) is 11.4. The van der Waals surface area contributed by atoms with E-state index in [-0.39, 0.29) is 11.1 Å². The lowest BCUT2D eigenvalue weighted by molar-refractivity contribution is 0.0600. The molecule has 0 amide bonds. The molecule has 0 spiro atoms. The van der Waals surface area contributed by atoms with Gasteiger partial charge in [-0.3, -0.25) is 0 Å². The first-order valence-electron chi connectivity index (χ1n) is 4.03. The van der Waals surface area contributed by atoms with Crippen molar-refractivity contribution in [2.24, 2.45) is 0 Å². The van der Waals surface area contributed by atoms with E-state index in [1.54, 1.807) is 0 Å². The summed E-state index contributed by atoms with van der Waals surface area (Å²) in [7, 11) is 2.72. The van der Waals surface area contributed by atoms with Gasteiger partial charge in [0.15, 0.2) is 0 Å². The molecule has 5 heteroatoms. The second-order valence-corrected chi connectivity index (χ2v) is 3.13. The Bertz CT molecular complexity index is 437. The van der Waals surface area contributed by atoms with Crippen molar-refractivity contribution in [1.82, 2.24) is 0 Å². The van der Waals surface area contributed by atoms with E-state index in [4.69, 9.17) is 10.00 Å². The van der Waals surface area contributed by atoms with Gasteiger partial charge in [0.05, 0.1) is 30.2 Å². The minimum atomic E-state index is -0.516. The van der Waals surface area contributed by atoms with Gasteiger partial charge < -0.3 is 9.47 Å². The summed E-state index contributed by atoms with van der Waals surface area (Å²) in [6.45, 7) is 0. The largest absolute Gasteiger partial charge is 0.496 e. The Morgan fingerprint density at radius 1 is 1.47 bits per heavy atom. The Morgan fingerprint density at radius 2 is 2.13 bits per heavy atom. The van der Waals surface area contributed by atoms with Crippen molar-refractivity contribution >= 4 is 18.6 Å². The number of hydrogen-bond acceptors (Lipinski definition) is 5. The van der Waals surface area contributed by atoms with E-state index in [1.165, 1.54) is 26.4 Å². The van der Waals surface area contributed by atoms with E-state index in [2.05, 4.69) is 17.4 Å². The van der Waals surface area contributed by atoms with Crippen molar-refractivity contribution in [1.29, 1.82) is 5.26 Å². The molecule has 0 radical (unpaired) electrons. The third-order valence-corrected chi connectivity index (χ3v) is 2.30. The number of esters is 1. The summed E-state index contributed by atoms with van der Waals surface area (Å²) in [5.41, 5.74) is 0.543. The highest BCUT2D eigenvalue weighted by molar-refractivity contribution is 7.80. The summed E-state index contributed by atoms with van der Waals surface area (Å²) >= 11 is 4.12. The van der Waals surface area contributed by atoms with Crippen molar-refractivity contribution in [3.8, 4) is 11.8 Å². The lowest BCUT2D eigenvalue weighted by Crippen LogP contribution is -2.03. The predicted octanol–water partition coefficient (Wildman–Crippen LogP) is 1.64. The molecule has 0 fully saturated rings. The quantitative estimate of drug-likeness (QED) is 0.611. The summed E-state index contributed by atoms with van der Waals surface area (Å²) in [6.07, 6.45) is 0. The van der Waals surface area contributed by atoms with Gasteiger partial charge in [-0.2, -0.15) is 5.26 Å². The molecule has 78 valence electrons. The summed E-state index contributed by atoms with van der Waals surface area (Å²) < 4.78 is 9.53. The molecule has 4 nitrogen and oxygen atoms in total. The van der Waals surface area contributed by atoms with Crippen molar-refractivity contribution in [3.05, 3.63) is 23.3 Å². The van der Waals surface area contributed by atoms with Gasteiger partial charge in [0.2, 0.25) is 0 Å². The third-order valence-electron chi connectivity index (χ3n) is 1.84. The zero-order chi connectivity index (χ0) is 11.4. The van der Waals surface area contributed by atoms with Crippen LogP contribution >= 0.6 is 12.6 Å². The van der Waals surface area contributed by atoms with Crippen LogP contribution < -0.4 is 4.74 Å². The van der Waals surface area contributed by atoms with Crippen LogP contribution in [0.4, 0.5) is 0 Å². The number of methoxy groups -OCH3 is 2. The Labute approximate surface area is 92.8 Å². The van der Waals surface area contributed by atoms with Crippen LogP contribution in [-0.2, 0) is 4.74 Å². The average Bonchev–Trinajstić information content (AvgIpc) is 2.28. The van der Waals surface area contributed by atoms with Gasteiger partial charge in [0.1, 0.15) is 11.8 Å². The SMILES string of the molecule is COC(=O)c1cc(C#N)c(S)c(OC)c1. The zero-order valence-electron chi connectivity index (χ0n) is 8.27. The molecule has 0 aliphatic carbocycles. The molecule has 15 heavy (non-hydrogen) atoms. The van der Waals surface area contributed by atoms with Gasteiger partial charge in [-0.05, 0) is 12.1 Å². The molecular weight excluding hydrogens is 214 g/mol. The molecule has 0 unspecified atom stereocenters. The number of nitriles is 1. The van der Waals surface area contributed by atoms with Gasteiger partial charge in [-0.15, -0.1) is 12.6 Å². The predicted molar refractivity (Wildman–Crippen MR) is 56.3 cm³/mol. The zero-order valence-corrected chi connectivity index (χ0v) is 9.17. The number of carbonyl (C=O) groups is 1. The summed E-state index contributed by atoms with van der Waals surface area (Å²) in [5.74, 6) is -0.143. The second-order valence-electron chi connectivity index (χ2n) is 2.68. The van der Waals surface area contributed by atoms with Crippen LogP contribution in [0.2, 0.25) is 0 Å². The van der Waals surface area contributed by atoms with E-state index in [0.717, 1.165) is 0 Å². The Morgan fingerprint density at radius 3 is 2.60 bits per heavy atom. The maximum Gasteiger partial charge on any atom is 0.338 e. The van der Waals surface area contributed by atoms with E-state index >= 15 is 0 Å². The fraction of sp³-hybridized carbons (Fsp3) is 0.200. The molecular formula is C10H9NO3S. The van der Waals surface area contributed by atoms with Crippen LogP contribution in [0.15, 0.2) is 17.0 Å². The monoisotopic (exact) mass is 223 g/mol. The topological polar surface area (TPSA) is 59.3 Å². The van der Waals surface area contributed by atoms with Crippen LogP contribution in [0.3, 0.4) is 0 Å². The van der Waals surface area contributed by atoms with Gasteiger partial charge in [0, 0.05) is 0 Å². The van der Waals surface area contributed by atoms with Crippen molar-refractivity contribution in [2.45, 2.75) is 4.90 Å². The molecule has 0 aromatic heterocycles. The molecule has 0 aliphatic rings. The van der Waals surface area contributed by atoms with Gasteiger partial charge >= 0.3 is 5.97 Å². The molecule has 0 bridgehead atoms. The number of rotatable bonds is 2. The average molecular weight is 223 g/mol. The summed E-state index contributed by atoms with van der Waals surface area (Å²) in [4.78, 5) is 11.7. The highest BCUT2D eigenvalue weighted by Crippen LogP contribution is 2.27. The number of thiol groups is 1. The van der Waals surface area contributed by atoms with Crippen LogP contribution in [0.5, 0.6) is 5.75 Å². The molecule has 0 heterocycles. The Hall–Kier alpha value is -1.67. The molecule has 0 saturated carbocycles. The van der Waals surface area contributed by atoms with E-state index < -0.39 is 5.97 Å². The van der Waals surface area contributed by atoms with Crippen molar-refractivity contribution in [2.75, 3.05) is 14.2 Å².